The lowest BCUT2D eigenvalue weighted by Crippen LogP contribution is -2.32. The topological polar surface area (TPSA) is 69.7 Å². The van der Waals surface area contributed by atoms with Crippen molar-refractivity contribution < 1.29 is 13.2 Å². The van der Waals surface area contributed by atoms with E-state index in [1.807, 2.05) is 17.9 Å². The molecule has 1 saturated heterocycles. The van der Waals surface area contributed by atoms with E-state index in [1.165, 1.54) is 12.1 Å². The summed E-state index contributed by atoms with van der Waals surface area (Å²) in [5.41, 5.74) is 1.22. The van der Waals surface area contributed by atoms with Gasteiger partial charge < -0.3 is 4.90 Å². The molecule has 0 unspecified atom stereocenters. The van der Waals surface area contributed by atoms with Crippen molar-refractivity contribution >= 4 is 27.4 Å². The molecule has 1 fully saturated rings. The molecule has 132 valence electrons. The van der Waals surface area contributed by atoms with Crippen molar-refractivity contribution in [3.05, 3.63) is 54.6 Å². The Morgan fingerprint density at radius 3 is 2.32 bits per heavy atom. The van der Waals surface area contributed by atoms with Crippen LogP contribution in [0.3, 0.4) is 0 Å². The first-order chi connectivity index (χ1) is 12.0. The third-order valence-corrected chi connectivity index (χ3v) is 5.47. The van der Waals surface area contributed by atoms with E-state index in [0.717, 1.165) is 13.0 Å². The van der Waals surface area contributed by atoms with E-state index in [9.17, 15) is 13.2 Å². The van der Waals surface area contributed by atoms with Crippen LogP contribution in [0.5, 0.6) is 0 Å². The molecule has 3 rings (SSSR count). The Bertz CT molecular complexity index is 836. The van der Waals surface area contributed by atoms with Gasteiger partial charge in [-0.25, -0.2) is 13.2 Å². The predicted octanol–water partition coefficient (Wildman–Crippen LogP) is 3.14. The van der Waals surface area contributed by atoms with Gasteiger partial charge in [-0.05, 0) is 42.8 Å². The highest BCUT2D eigenvalue weighted by molar-refractivity contribution is 7.92. The van der Waals surface area contributed by atoms with Crippen LogP contribution in [-0.4, -0.2) is 39.0 Å². The molecule has 1 aliphatic heterocycles. The minimum Gasteiger partial charge on any atom is -0.323 e. The van der Waals surface area contributed by atoms with Gasteiger partial charge >= 0.3 is 6.03 Å². The van der Waals surface area contributed by atoms with Crippen LogP contribution in [0.1, 0.15) is 13.3 Å². The largest absolute Gasteiger partial charge is 0.324 e. The number of nitrogens with zero attached hydrogens (tertiary/aromatic N) is 2. The molecule has 0 radical (unpaired) electrons. The van der Waals surface area contributed by atoms with E-state index in [-0.39, 0.29) is 10.9 Å². The third kappa shape index (κ3) is 3.76. The second-order valence-corrected chi connectivity index (χ2v) is 7.57. The number of carbonyl (C=O) groups excluding carboxylic acids is 1. The number of sulfonamides is 1. The maximum Gasteiger partial charge on any atom is 0.324 e. The van der Waals surface area contributed by atoms with Crippen LogP contribution in [0.25, 0.3) is 0 Å². The lowest BCUT2D eigenvalue weighted by Gasteiger charge is -2.18. The Labute approximate surface area is 148 Å². The van der Waals surface area contributed by atoms with Gasteiger partial charge in [0, 0.05) is 31.0 Å². The van der Waals surface area contributed by atoms with Crippen molar-refractivity contribution in [1.82, 2.24) is 4.90 Å². The lowest BCUT2D eigenvalue weighted by atomic mass is 10.3. The van der Waals surface area contributed by atoms with Crippen molar-refractivity contribution in [2.24, 2.45) is 0 Å². The van der Waals surface area contributed by atoms with Crippen molar-refractivity contribution in [2.75, 3.05) is 29.3 Å². The average molecular weight is 359 g/mol. The zero-order valence-corrected chi connectivity index (χ0v) is 14.9. The van der Waals surface area contributed by atoms with E-state index in [0.29, 0.717) is 24.5 Å². The minimum absolute atomic E-state index is 0.0279. The van der Waals surface area contributed by atoms with Crippen molar-refractivity contribution in [1.29, 1.82) is 0 Å². The normalized spacial score (nSPS) is 14.8. The van der Waals surface area contributed by atoms with Crippen LogP contribution < -0.4 is 9.62 Å². The maximum atomic E-state index is 12.4. The zero-order valence-electron chi connectivity index (χ0n) is 14.1. The van der Waals surface area contributed by atoms with Crippen molar-refractivity contribution in [3.63, 3.8) is 0 Å². The molecule has 1 aliphatic rings. The lowest BCUT2D eigenvalue weighted by molar-refractivity contribution is 0.220. The van der Waals surface area contributed by atoms with Crippen LogP contribution in [0.15, 0.2) is 59.5 Å². The molecule has 25 heavy (non-hydrogen) atoms. The molecule has 0 aliphatic carbocycles. The summed E-state index contributed by atoms with van der Waals surface area (Å²) >= 11 is 0. The summed E-state index contributed by atoms with van der Waals surface area (Å²) in [7, 11) is -3.65. The third-order valence-electron chi connectivity index (χ3n) is 4.07. The highest BCUT2D eigenvalue weighted by Crippen LogP contribution is 2.23. The number of rotatable bonds is 6. The van der Waals surface area contributed by atoms with Gasteiger partial charge in [-0.2, -0.15) is 0 Å². The number of para-hydroxylation sites is 1. The molecular formula is C18H21N3O3S. The monoisotopic (exact) mass is 359 g/mol. The van der Waals surface area contributed by atoms with Crippen LogP contribution in [0, 0.1) is 0 Å². The minimum atomic E-state index is -3.65. The van der Waals surface area contributed by atoms with Gasteiger partial charge in [0.15, 0.2) is 0 Å². The number of amides is 2. The summed E-state index contributed by atoms with van der Waals surface area (Å²) in [5.74, 6) is 0. The van der Waals surface area contributed by atoms with Gasteiger partial charge in [0.05, 0.1) is 4.90 Å². The molecule has 2 amide bonds. The summed E-state index contributed by atoms with van der Waals surface area (Å²) in [4.78, 5) is 16.0. The van der Waals surface area contributed by atoms with Crippen molar-refractivity contribution in [3.8, 4) is 0 Å². The molecule has 1 N–H and O–H groups in total. The number of hydrogen-bond donors (Lipinski definition) is 1. The van der Waals surface area contributed by atoms with Gasteiger partial charge in [-0.3, -0.25) is 9.62 Å². The van der Waals surface area contributed by atoms with E-state index in [4.69, 9.17) is 0 Å². The number of anilines is 2. The first-order valence-corrected chi connectivity index (χ1v) is 9.74. The fourth-order valence-electron chi connectivity index (χ4n) is 2.83. The Kier molecular flexibility index (Phi) is 4.94. The van der Waals surface area contributed by atoms with Crippen LogP contribution in [0.2, 0.25) is 0 Å². The standard InChI is InChI=1S/C18H21N3O3S/c1-2-12-20-13-14-21(18(20)22)16-8-10-17(11-9-16)25(23,24)19-15-6-4-3-5-7-15/h3-11,19H,2,12-14H2,1H3. The Hall–Kier alpha value is -2.54. The van der Waals surface area contributed by atoms with Crippen LogP contribution in [0.4, 0.5) is 16.2 Å². The summed E-state index contributed by atoms with van der Waals surface area (Å²) in [6.07, 6.45) is 0.919. The Morgan fingerprint density at radius 1 is 1.00 bits per heavy atom. The summed E-state index contributed by atoms with van der Waals surface area (Å²) in [6.45, 7) is 4.09. The SMILES string of the molecule is CCCN1CCN(c2ccc(S(=O)(=O)Nc3ccccc3)cc2)C1=O. The molecule has 0 atom stereocenters. The van der Waals surface area contributed by atoms with Gasteiger partial charge in [0.2, 0.25) is 0 Å². The second kappa shape index (κ2) is 7.14. The number of carbonyl (C=O) groups is 1. The molecule has 1 heterocycles. The quantitative estimate of drug-likeness (QED) is 0.861. The molecule has 0 saturated carbocycles. The van der Waals surface area contributed by atoms with E-state index < -0.39 is 10.0 Å². The zero-order chi connectivity index (χ0) is 17.9. The summed E-state index contributed by atoms with van der Waals surface area (Å²) < 4.78 is 27.4. The molecule has 7 heteroatoms. The highest BCUT2D eigenvalue weighted by Gasteiger charge is 2.28. The Morgan fingerprint density at radius 2 is 1.68 bits per heavy atom. The highest BCUT2D eigenvalue weighted by atomic mass is 32.2. The van der Waals surface area contributed by atoms with Crippen LogP contribution >= 0.6 is 0 Å². The molecule has 0 bridgehead atoms. The van der Waals surface area contributed by atoms with E-state index in [2.05, 4.69) is 4.72 Å². The van der Waals surface area contributed by atoms with Gasteiger partial charge in [0.1, 0.15) is 0 Å². The van der Waals surface area contributed by atoms with Crippen LogP contribution in [-0.2, 0) is 10.0 Å². The molecule has 2 aromatic rings. The first kappa shape index (κ1) is 17.3. The summed E-state index contributed by atoms with van der Waals surface area (Å²) in [5, 5.41) is 0. The van der Waals surface area contributed by atoms with E-state index >= 15 is 0 Å². The molecule has 0 aromatic heterocycles. The van der Waals surface area contributed by atoms with Gasteiger partial charge in [-0.1, -0.05) is 25.1 Å². The summed E-state index contributed by atoms with van der Waals surface area (Å²) in [6, 6.07) is 15.1. The number of hydrogen-bond acceptors (Lipinski definition) is 3. The number of benzene rings is 2. The number of urea groups is 1. The fourth-order valence-corrected chi connectivity index (χ4v) is 3.88. The van der Waals surface area contributed by atoms with Gasteiger partial charge in [0.25, 0.3) is 10.0 Å². The average Bonchev–Trinajstić information content (AvgIpc) is 2.97. The molecule has 0 spiro atoms. The van der Waals surface area contributed by atoms with Crippen molar-refractivity contribution in [2.45, 2.75) is 18.2 Å². The fraction of sp³-hybridized carbons (Fsp3) is 0.278. The second-order valence-electron chi connectivity index (χ2n) is 5.89. The maximum absolute atomic E-state index is 12.4. The molecule has 6 nitrogen and oxygen atoms in total. The molecular weight excluding hydrogens is 338 g/mol. The smallest absolute Gasteiger partial charge is 0.323 e. The number of nitrogens with one attached hydrogen (secondary N) is 1. The molecule has 2 aromatic carbocycles. The van der Waals surface area contributed by atoms with E-state index in [1.54, 1.807) is 41.3 Å². The predicted molar refractivity (Wildman–Crippen MR) is 98.3 cm³/mol. The Balaban J connectivity index is 1.75. The van der Waals surface area contributed by atoms with Gasteiger partial charge in [-0.15, -0.1) is 0 Å². The first-order valence-electron chi connectivity index (χ1n) is 8.25.